The number of hydrogen-bond donors (Lipinski definition) is 1. The fraction of sp³-hybridized carbons (Fsp3) is 0.391. The average molecular weight is 559 g/mol. The van der Waals surface area contributed by atoms with E-state index < -0.39 is 28.5 Å². The van der Waals surface area contributed by atoms with Crippen molar-refractivity contribution in [1.29, 1.82) is 0 Å². The third-order valence-corrected chi connectivity index (χ3v) is 6.83. The van der Waals surface area contributed by atoms with Crippen LogP contribution in [0, 0.1) is 5.92 Å². The van der Waals surface area contributed by atoms with Crippen molar-refractivity contribution in [1.82, 2.24) is 10.2 Å². The molecule has 0 spiro atoms. The van der Waals surface area contributed by atoms with Crippen LogP contribution in [0.3, 0.4) is 0 Å². The van der Waals surface area contributed by atoms with Crippen LogP contribution in [0.2, 0.25) is 5.02 Å². The highest BCUT2D eigenvalue weighted by molar-refractivity contribution is 9.10. The molecule has 0 aliphatic rings. The summed E-state index contributed by atoms with van der Waals surface area (Å²) in [5.74, 6) is -0.550. The first-order valence-electron chi connectivity index (χ1n) is 10.4. The molecule has 0 aromatic heterocycles. The molecule has 0 fully saturated rings. The molecular formula is C23H29BrClN3O4S. The van der Waals surface area contributed by atoms with Crippen molar-refractivity contribution >= 4 is 55.1 Å². The van der Waals surface area contributed by atoms with Gasteiger partial charge >= 0.3 is 0 Å². The van der Waals surface area contributed by atoms with Crippen LogP contribution in [0.4, 0.5) is 5.69 Å². The highest BCUT2D eigenvalue weighted by Crippen LogP contribution is 2.22. The molecule has 7 nitrogen and oxygen atoms in total. The summed E-state index contributed by atoms with van der Waals surface area (Å²) in [7, 11) is -3.75. The Bertz CT molecular complexity index is 1060. The molecule has 10 heteroatoms. The van der Waals surface area contributed by atoms with Gasteiger partial charge in [-0.1, -0.05) is 53.5 Å². The third kappa shape index (κ3) is 8.32. The number of hydrogen-bond acceptors (Lipinski definition) is 4. The quantitative estimate of drug-likeness (QED) is 0.477. The van der Waals surface area contributed by atoms with E-state index in [0.717, 1.165) is 20.6 Å². The van der Waals surface area contributed by atoms with Crippen molar-refractivity contribution in [2.75, 3.05) is 23.7 Å². The Labute approximate surface area is 209 Å². The summed E-state index contributed by atoms with van der Waals surface area (Å²) < 4.78 is 26.8. The fourth-order valence-corrected chi connectivity index (χ4v) is 4.28. The molecule has 0 aliphatic heterocycles. The Kier molecular flexibility index (Phi) is 9.75. The standard InChI is InChI=1S/C23H29BrClN3O4S/c1-16(2)13-26-23(30)17(3)27(14-18-5-9-20(25)10-6-18)22(29)15-28(33(4,31)32)21-11-7-19(24)8-12-21/h5-12,16-17H,13-15H2,1-4H3,(H,26,30). The summed E-state index contributed by atoms with van der Waals surface area (Å²) >= 11 is 9.30. The molecule has 0 aliphatic carbocycles. The molecular weight excluding hydrogens is 530 g/mol. The van der Waals surface area contributed by atoms with Gasteiger partial charge in [-0.3, -0.25) is 13.9 Å². The van der Waals surface area contributed by atoms with E-state index in [2.05, 4.69) is 21.2 Å². The highest BCUT2D eigenvalue weighted by atomic mass is 79.9. The molecule has 2 amide bonds. The second kappa shape index (κ2) is 11.9. The normalized spacial score (nSPS) is 12.3. The van der Waals surface area contributed by atoms with E-state index in [1.54, 1.807) is 55.5 Å². The zero-order valence-corrected chi connectivity index (χ0v) is 22.2. The van der Waals surface area contributed by atoms with Gasteiger partial charge in [0, 0.05) is 22.6 Å². The van der Waals surface area contributed by atoms with Gasteiger partial charge < -0.3 is 10.2 Å². The van der Waals surface area contributed by atoms with E-state index in [1.165, 1.54) is 4.90 Å². The van der Waals surface area contributed by atoms with Crippen molar-refractivity contribution in [2.45, 2.75) is 33.4 Å². The summed E-state index contributed by atoms with van der Waals surface area (Å²) in [6.07, 6.45) is 1.05. The molecule has 1 atom stereocenters. The number of nitrogens with zero attached hydrogens (tertiary/aromatic N) is 2. The molecule has 0 saturated carbocycles. The molecule has 0 bridgehead atoms. The minimum atomic E-state index is -3.75. The maximum atomic E-state index is 13.4. The number of carbonyl (C=O) groups excluding carboxylic acids is 2. The largest absolute Gasteiger partial charge is 0.354 e. The minimum absolute atomic E-state index is 0.129. The monoisotopic (exact) mass is 557 g/mol. The predicted molar refractivity (Wildman–Crippen MR) is 136 cm³/mol. The van der Waals surface area contributed by atoms with E-state index in [0.29, 0.717) is 17.3 Å². The number of carbonyl (C=O) groups is 2. The zero-order valence-electron chi connectivity index (χ0n) is 19.1. The maximum absolute atomic E-state index is 13.4. The van der Waals surface area contributed by atoms with Crippen molar-refractivity contribution in [3.63, 3.8) is 0 Å². The van der Waals surface area contributed by atoms with Gasteiger partial charge in [0.05, 0.1) is 11.9 Å². The van der Waals surface area contributed by atoms with Crippen LogP contribution in [0.1, 0.15) is 26.3 Å². The smallest absolute Gasteiger partial charge is 0.244 e. The lowest BCUT2D eigenvalue weighted by atomic mass is 10.1. The van der Waals surface area contributed by atoms with Crippen molar-refractivity contribution in [3.05, 3.63) is 63.6 Å². The van der Waals surface area contributed by atoms with Crippen LogP contribution < -0.4 is 9.62 Å². The van der Waals surface area contributed by atoms with Gasteiger partial charge in [0.2, 0.25) is 21.8 Å². The number of halogens is 2. The summed E-state index contributed by atoms with van der Waals surface area (Å²) in [5.41, 5.74) is 1.13. The zero-order chi connectivity index (χ0) is 24.8. The number of rotatable bonds is 10. The molecule has 0 radical (unpaired) electrons. The second-order valence-electron chi connectivity index (χ2n) is 8.21. The van der Waals surface area contributed by atoms with Gasteiger partial charge in [-0.05, 0) is 54.8 Å². The number of amides is 2. The van der Waals surface area contributed by atoms with Crippen LogP contribution in [0.25, 0.3) is 0 Å². The van der Waals surface area contributed by atoms with E-state index in [-0.39, 0.29) is 18.4 Å². The van der Waals surface area contributed by atoms with Gasteiger partial charge in [0.25, 0.3) is 0 Å². The fourth-order valence-electron chi connectivity index (χ4n) is 3.04. The van der Waals surface area contributed by atoms with Crippen LogP contribution >= 0.6 is 27.5 Å². The Morgan fingerprint density at radius 3 is 2.12 bits per heavy atom. The lowest BCUT2D eigenvalue weighted by Crippen LogP contribution is -2.51. The van der Waals surface area contributed by atoms with E-state index in [4.69, 9.17) is 11.6 Å². The van der Waals surface area contributed by atoms with E-state index >= 15 is 0 Å². The van der Waals surface area contributed by atoms with E-state index in [1.807, 2.05) is 13.8 Å². The van der Waals surface area contributed by atoms with Gasteiger partial charge in [0.15, 0.2) is 0 Å². The first-order valence-corrected chi connectivity index (χ1v) is 13.4. The van der Waals surface area contributed by atoms with Crippen LogP contribution in [-0.4, -0.2) is 50.5 Å². The molecule has 33 heavy (non-hydrogen) atoms. The average Bonchev–Trinajstić information content (AvgIpc) is 2.74. The van der Waals surface area contributed by atoms with Crippen molar-refractivity contribution in [3.8, 4) is 0 Å². The molecule has 0 heterocycles. The Morgan fingerprint density at radius 1 is 1.03 bits per heavy atom. The Morgan fingerprint density at radius 2 is 1.61 bits per heavy atom. The Balaban J connectivity index is 2.34. The first kappa shape index (κ1) is 27.1. The van der Waals surface area contributed by atoms with Crippen LogP contribution in [0.5, 0.6) is 0 Å². The van der Waals surface area contributed by atoms with Crippen molar-refractivity contribution < 1.29 is 18.0 Å². The summed E-state index contributed by atoms with van der Waals surface area (Å²) in [5, 5.41) is 3.40. The summed E-state index contributed by atoms with van der Waals surface area (Å²) in [6.45, 7) is 5.75. The van der Waals surface area contributed by atoms with E-state index in [9.17, 15) is 18.0 Å². The number of sulfonamides is 1. The van der Waals surface area contributed by atoms with Crippen LogP contribution in [-0.2, 0) is 26.2 Å². The molecule has 2 rings (SSSR count). The van der Waals surface area contributed by atoms with Gasteiger partial charge in [0.1, 0.15) is 12.6 Å². The van der Waals surface area contributed by atoms with Crippen LogP contribution in [0.15, 0.2) is 53.0 Å². The highest BCUT2D eigenvalue weighted by Gasteiger charge is 2.30. The predicted octanol–water partition coefficient (Wildman–Crippen LogP) is 4.06. The third-order valence-electron chi connectivity index (χ3n) is 4.91. The molecule has 1 unspecified atom stereocenters. The molecule has 1 N–H and O–H groups in total. The molecule has 180 valence electrons. The minimum Gasteiger partial charge on any atom is -0.354 e. The second-order valence-corrected chi connectivity index (χ2v) is 11.5. The maximum Gasteiger partial charge on any atom is 0.244 e. The summed E-state index contributed by atoms with van der Waals surface area (Å²) in [4.78, 5) is 27.5. The van der Waals surface area contributed by atoms with Gasteiger partial charge in [-0.15, -0.1) is 0 Å². The van der Waals surface area contributed by atoms with Gasteiger partial charge in [-0.25, -0.2) is 8.42 Å². The molecule has 2 aromatic carbocycles. The van der Waals surface area contributed by atoms with Crippen molar-refractivity contribution in [2.24, 2.45) is 5.92 Å². The molecule has 0 saturated heterocycles. The number of nitrogens with one attached hydrogen (secondary N) is 1. The number of anilines is 1. The lowest BCUT2D eigenvalue weighted by molar-refractivity contribution is -0.139. The lowest BCUT2D eigenvalue weighted by Gasteiger charge is -2.31. The topological polar surface area (TPSA) is 86.8 Å². The number of benzene rings is 2. The SMILES string of the molecule is CC(C)CNC(=O)C(C)N(Cc1ccc(Cl)cc1)C(=O)CN(c1ccc(Br)cc1)S(C)(=O)=O. The van der Waals surface area contributed by atoms with Gasteiger partial charge in [-0.2, -0.15) is 0 Å². The molecule has 2 aromatic rings. The summed E-state index contributed by atoms with van der Waals surface area (Å²) in [6, 6.07) is 12.8. The first-order chi connectivity index (χ1) is 15.4. The Hall–Kier alpha value is -2.10.